The lowest BCUT2D eigenvalue weighted by Gasteiger charge is -2.32. The van der Waals surface area contributed by atoms with Gasteiger partial charge in [0, 0.05) is 17.6 Å². The van der Waals surface area contributed by atoms with Crippen molar-refractivity contribution in [3.05, 3.63) is 51.7 Å². The Morgan fingerprint density at radius 3 is 2.65 bits per heavy atom. The molecule has 1 aromatic carbocycles. The molecule has 2 aromatic rings. The number of rotatable bonds is 3. The van der Waals surface area contributed by atoms with Crippen molar-refractivity contribution in [2.45, 2.75) is 24.9 Å². The number of hydrogen-bond donors (Lipinski definition) is 1. The van der Waals surface area contributed by atoms with Gasteiger partial charge in [-0.3, -0.25) is 9.59 Å². The van der Waals surface area contributed by atoms with Crippen LogP contribution >= 0.6 is 22.9 Å². The van der Waals surface area contributed by atoms with Crippen LogP contribution < -0.4 is 10.2 Å². The molecule has 2 saturated heterocycles. The van der Waals surface area contributed by atoms with E-state index >= 15 is 0 Å². The number of amides is 4. The molecule has 0 saturated carbocycles. The molecule has 0 spiro atoms. The lowest BCUT2D eigenvalue weighted by atomic mass is 9.98. The fourth-order valence-corrected chi connectivity index (χ4v) is 4.18. The van der Waals surface area contributed by atoms with Crippen molar-refractivity contribution in [1.82, 2.24) is 10.2 Å². The number of anilines is 1. The molecule has 0 aliphatic carbocycles. The van der Waals surface area contributed by atoms with E-state index in [9.17, 15) is 14.4 Å². The lowest BCUT2D eigenvalue weighted by Crippen LogP contribution is -2.49. The average Bonchev–Trinajstić information content (AvgIpc) is 3.25. The van der Waals surface area contributed by atoms with Crippen molar-refractivity contribution in [3.63, 3.8) is 0 Å². The summed E-state index contributed by atoms with van der Waals surface area (Å²) in [4.78, 5) is 41.1. The smallest absolute Gasteiger partial charge is 0.332 e. The molecular weight excluding hydrogens is 374 g/mol. The zero-order valence-corrected chi connectivity index (χ0v) is 15.3. The summed E-state index contributed by atoms with van der Waals surface area (Å²) in [6.07, 6.45) is 1.05. The number of nitrogens with one attached hydrogen (secondary N) is 1. The molecule has 2 aliphatic rings. The third-order valence-corrected chi connectivity index (χ3v) is 5.83. The first-order valence-electron chi connectivity index (χ1n) is 8.29. The van der Waals surface area contributed by atoms with Gasteiger partial charge in [0.25, 0.3) is 11.8 Å². The molecule has 0 bridgehead atoms. The van der Waals surface area contributed by atoms with Crippen LogP contribution in [0.1, 0.15) is 22.5 Å². The summed E-state index contributed by atoms with van der Waals surface area (Å²) in [6.45, 7) is 0.439. The van der Waals surface area contributed by atoms with Crippen molar-refractivity contribution < 1.29 is 14.4 Å². The number of nitrogens with zero attached hydrogens (tertiary/aromatic N) is 2. The molecule has 3 heterocycles. The van der Waals surface area contributed by atoms with Crippen LogP contribution in [0.15, 0.2) is 41.8 Å². The summed E-state index contributed by atoms with van der Waals surface area (Å²) in [5.41, 5.74) is 0.512. The number of carbonyl (C=O) groups excluding carboxylic acids is 3. The van der Waals surface area contributed by atoms with Gasteiger partial charge in [-0.15, -0.1) is 11.3 Å². The molecule has 2 atom stereocenters. The van der Waals surface area contributed by atoms with Gasteiger partial charge in [0.2, 0.25) is 0 Å². The number of urea groups is 1. The highest BCUT2D eigenvalue weighted by Crippen LogP contribution is 2.31. The van der Waals surface area contributed by atoms with Crippen LogP contribution in [0.2, 0.25) is 5.02 Å². The maximum absolute atomic E-state index is 12.8. The van der Waals surface area contributed by atoms with E-state index in [4.69, 9.17) is 11.6 Å². The molecule has 1 aromatic heterocycles. The molecule has 134 valence electrons. The van der Waals surface area contributed by atoms with E-state index in [-0.39, 0.29) is 23.9 Å². The standard InChI is InChI=1S/C18H16ClN3O3S/c19-11-3-5-13(6-4-11)22-17(24)14-10-12(7-8-21(14)18(22)25)20-16(23)15-2-1-9-26-15/h1-6,9,12,14H,7-8,10H2,(H,20,23). The van der Waals surface area contributed by atoms with Crippen molar-refractivity contribution >= 4 is 46.5 Å². The minimum absolute atomic E-state index is 0.132. The number of imide groups is 1. The van der Waals surface area contributed by atoms with Crippen LogP contribution in [-0.4, -0.2) is 41.4 Å². The first-order valence-corrected chi connectivity index (χ1v) is 9.55. The van der Waals surface area contributed by atoms with E-state index < -0.39 is 6.04 Å². The largest absolute Gasteiger partial charge is 0.348 e. The molecule has 1 N–H and O–H groups in total. The van der Waals surface area contributed by atoms with Gasteiger partial charge < -0.3 is 10.2 Å². The first kappa shape index (κ1) is 17.1. The molecule has 2 unspecified atom stereocenters. The van der Waals surface area contributed by atoms with Crippen LogP contribution in [0.5, 0.6) is 0 Å². The van der Waals surface area contributed by atoms with Crippen LogP contribution in [0, 0.1) is 0 Å². The zero-order valence-electron chi connectivity index (χ0n) is 13.7. The summed E-state index contributed by atoms with van der Waals surface area (Å²) in [5.74, 6) is -0.392. The molecule has 8 heteroatoms. The minimum atomic E-state index is -0.541. The summed E-state index contributed by atoms with van der Waals surface area (Å²) >= 11 is 7.26. The number of hydrogen-bond acceptors (Lipinski definition) is 4. The predicted molar refractivity (Wildman–Crippen MR) is 99.6 cm³/mol. The highest BCUT2D eigenvalue weighted by molar-refractivity contribution is 7.12. The second kappa shape index (κ2) is 6.74. The number of halogens is 1. The van der Waals surface area contributed by atoms with Gasteiger partial charge in [0.1, 0.15) is 6.04 Å². The van der Waals surface area contributed by atoms with Crippen LogP contribution in [0.4, 0.5) is 10.5 Å². The van der Waals surface area contributed by atoms with E-state index in [0.29, 0.717) is 35.0 Å². The highest BCUT2D eigenvalue weighted by atomic mass is 35.5. The van der Waals surface area contributed by atoms with E-state index in [0.717, 1.165) is 0 Å². The molecule has 0 radical (unpaired) electrons. The molecule has 4 rings (SSSR count). The lowest BCUT2D eigenvalue weighted by molar-refractivity contribution is -0.120. The van der Waals surface area contributed by atoms with Gasteiger partial charge in [-0.05, 0) is 48.6 Å². The number of piperidine rings is 1. The average molecular weight is 390 g/mol. The second-order valence-corrected chi connectivity index (χ2v) is 7.70. The molecule has 2 aliphatic heterocycles. The van der Waals surface area contributed by atoms with Gasteiger partial charge in [-0.2, -0.15) is 0 Å². The summed E-state index contributed by atoms with van der Waals surface area (Å²) < 4.78 is 0. The van der Waals surface area contributed by atoms with Gasteiger partial charge in [0.05, 0.1) is 10.6 Å². The second-order valence-electron chi connectivity index (χ2n) is 6.31. The number of fused-ring (bicyclic) bond motifs is 1. The monoisotopic (exact) mass is 389 g/mol. The third kappa shape index (κ3) is 2.97. The Kier molecular flexibility index (Phi) is 4.42. The van der Waals surface area contributed by atoms with E-state index in [1.165, 1.54) is 16.2 Å². The van der Waals surface area contributed by atoms with E-state index in [2.05, 4.69) is 5.32 Å². The Morgan fingerprint density at radius 1 is 1.19 bits per heavy atom. The van der Waals surface area contributed by atoms with Gasteiger partial charge in [-0.25, -0.2) is 9.69 Å². The van der Waals surface area contributed by atoms with E-state index in [1.807, 2.05) is 11.4 Å². The third-order valence-electron chi connectivity index (χ3n) is 4.71. The maximum Gasteiger partial charge on any atom is 0.332 e. The normalized spacial score (nSPS) is 22.5. The van der Waals surface area contributed by atoms with Gasteiger partial charge >= 0.3 is 6.03 Å². The molecule has 4 amide bonds. The predicted octanol–water partition coefficient (Wildman–Crippen LogP) is 3.13. The molecule has 6 nitrogen and oxygen atoms in total. The summed E-state index contributed by atoms with van der Waals surface area (Å²) in [7, 11) is 0. The van der Waals surface area contributed by atoms with Crippen molar-refractivity contribution in [1.29, 1.82) is 0 Å². The highest BCUT2D eigenvalue weighted by Gasteiger charge is 2.48. The van der Waals surface area contributed by atoms with Crippen LogP contribution in [0.3, 0.4) is 0 Å². The Bertz CT molecular complexity index is 853. The summed E-state index contributed by atoms with van der Waals surface area (Å²) in [6, 6.07) is 9.22. The molecule has 26 heavy (non-hydrogen) atoms. The first-order chi connectivity index (χ1) is 12.5. The van der Waals surface area contributed by atoms with Crippen LogP contribution in [-0.2, 0) is 4.79 Å². The van der Waals surface area contributed by atoms with Crippen molar-refractivity contribution in [2.24, 2.45) is 0 Å². The molecule has 2 fully saturated rings. The fraction of sp³-hybridized carbons (Fsp3) is 0.278. The molecular formula is C18H16ClN3O3S. The number of thiophene rings is 1. The summed E-state index contributed by atoms with van der Waals surface area (Å²) in [5, 5.41) is 5.37. The van der Waals surface area contributed by atoms with E-state index in [1.54, 1.807) is 35.2 Å². The van der Waals surface area contributed by atoms with Gasteiger partial charge in [-0.1, -0.05) is 17.7 Å². The Hall–Kier alpha value is -2.38. The number of benzene rings is 1. The van der Waals surface area contributed by atoms with Gasteiger partial charge in [0.15, 0.2) is 0 Å². The van der Waals surface area contributed by atoms with Crippen molar-refractivity contribution in [3.8, 4) is 0 Å². The Morgan fingerprint density at radius 2 is 1.96 bits per heavy atom. The topological polar surface area (TPSA) is 69.7 Å². The quantitative estimate of drug-likeness (QED) is 0.820. The van der Waals surface area contributed by atoms with Crippen LogP contribution in [0.25, 0.3) is 0 Å². The van der Waals surface area contributed by atoms with Crippen molar-refractivity contribution in [2.75, 3.05) is 11.4 Å². The fourth-order valence-electron chi connectivity index (χ4n) is 3.42. The Balaban J connectivity index is 1.49. The number of carbonyl (C=O) groups is 3. The SMILES string of the molecule is O=C(NC1CCN2C(=O)N(c3ccc(Cl)cc3)C(=O)C2C1)c1cccs1. The Labute approximate surface area is 159 Å². The maximum atomic E-state index is 12.8. The zero-order chi connectivity index (χ0) is 18.3. The minimum Gasteiger partial charge on any atom is -0.348 e.